The quantitative estimate of drug-likeness (QED) is 0.686. The molecule has 0 saturated heterocycles. The van der Waals surface area contributed by atoms with Crippen LogP contribution in [-0.2, 0) is 5.41 Å². The molecule has 0 saturated carbocycles. The molecule has 0 spiro atoms. The van der Waals surface area contributed by atoms with Gasteiger partial charge in [0.25, 0.3) is 0 Å². The summed E-state index contributed by atoms with van der Waals surface area (Å²) in [5.41, 5.74) is 1.68. The fourth-order valence-electron chi connectivity index (χ4n) is 2.31. The molecule has 1 aromatic rings. The van der Waals surface area contributed by atoms with Crippen LogP contribution < -0.4 is 0 Å². The van der Waals surface area contributed by atoms with Crippen LogP contribution in [0, 0.1) is 5.92 Å². The van der Waals surface area contributed by atoms with Crippen LogP contribution in [0.4, 0.5) is 0 Å². The third-order valence-corrected chi connectivity index (χ3v) is 3.65. The van der Waals surface area contributed by atoms with Gasteiger partial charge in [0.2, 0.25) is 0 Å². The normalized spacial score (nSPS) is 19.3. The molecule has 1 aromatic carbocycles. The van der Waals surface area contributed by atoms with Crippen LogP contribution in [0.2, 0.25) is 0 Å². The number of benzene rings is 1. The maximum absolute atomic E-state index is 2.35. The second-order valence-corrected chi connectivity index (χ2v) is 4.43. The van der Waals surface area contributed by atoms with Crippen LogP contribution in [0.5, 0.6) is 0 Å². The van der Waals surface area contributed by atoms with Crippen molar-refractivity contribution >= 4 is 0 Å². The van der Waals surface area contributed by atoms with Gasteiger partial charge in [0.05, 0.1) is 0 Å². The standard InChI is InChI=1S/C15H18/c1-3-15(2,14-11-7-8-12-14)13-9-5-4-6-10-13/h4-12,14H,3H2,1-2H3. The minimum atomic E-state index is 0.241. The van der Waals surface area contributed by atoms with E-state index in [1.54, 1.807) is 0 Å². The smallest absolute Gasteiger partial charge is 0.00470 e. The molecular weight excluding hydrogens is 180 g/mol. The summed E-state index contributed by atoms with van der Waals surface area (Å²) in [6.45, 7) is 4.62. The number of allylic oxidation sites excluding steroid dienone is 4. The maximum Gasteiger partial charge on any atom is 0.00470 e. The fourth-order valence-corrected chi connectivity index (χ4v) is 2.31. The highest BCUT2D eigenvalue weighted by molar-refractivity contribution is 5.32. The van der Waals surface area contributed by atoms with Gasteiger partial charge in [-0.25, -0.2) is 0 Å². The SMILES string of the molecule is CCC(C)(c1ccccc1)C1C=CC=C1. The van der Waals surface area contributed by atoms with Crippen molar-refractivity contribution in [1.82, 2.24) is 0 Å². The Labute approximate surface area is 92.3 Å². The molecule has 0 aromatic heterocycles. The number of rotatable bonds is 3. The van der Waals surface area contributed by atoms with E-state index >= 15 is 0 Å². The molecule has 0 radical (unpaired) electrons. The van der Waals surface area contributed by atoms with Crippen molar-refractivity contribution in [2.45, 2.75) is 25.7 Å². The van der Waals surface area contributed by atoms with Crippen LogP contribution in [-0.4, -0.2) is 0 Å². The zero-order valence-electron chi connectivity index (χ0n) is 9.48. The minimum Gasteiger partial charge on any atom is -0.0767 e. The Morgan fingerprint density at radius 2 is 1.67 bits per heavy atom. The van der Waals surface area contributed by atoms with Crippen molar-refractivity contribution in [3.05, 3.63) is 60.2 Å². The Morgan fingerprint density at radius 3 is 2.20 bits per heavy atom. The van der Waals surface area contributed by atoms with Gasteiger partial charge in [-0.1, -0.05) is 68.5 Å². The highest BCUT2D eigenvalue weighted by atomic mass is 14.3. The highest BCUT2D eigenvalue weighted by Gasteiger charge is 2.31. The molecule has 0 amide bonds. The zero-order chi connectivity index (χ0) is 10.7. The van der Waals surface area contributed by atoms with E-state index in [2.05, 4.69) is 68.5 Å². The Morgan fingerprint density at radius 1 is 1.07 bits per heavy atom. The fraction of sp³-hybridized carbons (Fsp3) is 0.333. The molecule has 2 rings (SSSR count). The second-order valence-electron chi connectivity index (χ2n) is 4.43. The third kappa shape index (κ3) is 1.77. The van der Waals surface area contributed by atoms with Gasteiger partial charge >= 0.3 is 0 Å². The molecular formula is C15H18. The van der Waals surface area contributed by atoms with Gasteiger partial charge in [0.1, 0.15) is 0 Å². The summed E-state index contributed by atoms with van der Waals surface area (Å²) < 4.78 is 0. The number of hydrogen-bond donors (Lipinski definition) is 0. The van der Waals surface area contributed by atoms with Gasteiger partial charge in [0.15, 0.2) is 0 Å². The largest absolute Gasteiger partial charge is 0.0767 e. The zero-order valence-corrected chi connectivity index (χ0v) is 9.48. The first kappa shape index (κ1) is 10.2. The molecule has 78 valence electrons. The molecule has 0 nitrogen and oxygen atoms in total. The molecule has 1 atom stereocenters. The average Bonchev–Trinajstić information content (AvgIpc) is 2.83. The van der Waals surface area contributed by atoms with E-state index in [-0.39, 0.29) is 5.41 Å². The van der Waals surface area contributed by atoms with Crippen LogP contribution in [0.25, 0.3) is 0 Å². The molecule has 0 heteroatoms. The lowest BCUT2D eigenvalue weighted by atomic mass is 9.70. The van der Waals surface area contributed by atoms with Crippen LogP contribution in [0.15, 0.2) is 54.6 Å². The molecule has 1 aliphatic rings. The van der Waals surface area contributed by atoms with E-state index in [0.29, 0.717) is 5.92 Å². The topological polar surface area (TPSA) is 0 Å². The van der Waals surface area contributed by atoms with E-state index in [1.165, 1.54) is 5.56 Å². The Bertz CT molecular complexity index is 360. The monoisotopic (exact) mass is 198 g/mol. The summed E-state index contributed by atoms with van der Waals surface area (Å²) in [4.78, 5) is 0. The summed E-state index contributed by atoms with van der Waals surface area (Å²) in [5.74, 6) is 0.546. The lowest BCUT2D eigenvalue weighted by Gasteiger charge is -2.33. The molecule has 1 aliphatic carbocycles. The molecule has 0 heterocycles. The van der Waals surface area contributed by atoms with Crippen molar-refractivity contribution in [2.24, 2.45) is 5.92 Å². The van der Waals surface area contributed by atoms with Gasteiger partial charge in [-0.3, -0.25) is 0 Å². The van der Waals surface area contributed by atoms with Crippen molar-refractivity contribution < 1.29 is 0 Å². The van der Waals surface area contributed by atoms with Crippen LogP contribution in [0.3, 0.4) is 0 Å². The third-order valence-electron chi connectivity index (χ3n) is 3.65. The summed E-state index contributed by atoms with van der Waals surface area (Å²) in [6, 6.07) is 10.8. The molecule has 15 heavy (non-hydrogen) atoms. The molecule has 0 N–H and O–H groups in total. The van der Waals surface area contributed by atoms with E-state index in [9.17, 15) is 0 Å². The summed E-state index contributed by atoms with van der Waals surface area (Å²) in [7, 11) is 0. The lowest BCUT2D eigenvalue weighted by Crippen LogP contribution is -2.28. The lowest BCUT2D eigenvalue weighted by molar-refractivity contribution is 0.389. The van der Waals surface area contributed by atoms with Gasteiger partial charge in [-0.05, 0) is 12.0 Å². The van der Waals surface area contributed by atoms with Crippen LogP contribution >= 0.6 is 0 Å². The van der Waals surface area contributed by atoms with E-state index in [1.807, 2.05) is 0 Å². The van der Waals surface area contributed by atoms with Gasteiger partial charge < -0.3 is 0 Å². The predicted octanol–water partition coefficient (Wildman–Crippen LogP) is 4.10. The molecule has 0 aliphatic heterocycles. The first-order valence-electron chi connectivity index (χ1n) is 5.68. The van der Waals surface area contributed by atoms with Crippen molar-refractivity contribution in [3.63, 3.8) is 0 Å². The van der Waals surface area contributed by atoms with Gasteiger partial charge in [0, 0.05) is 11.3 Å². The predicted molar refractivity (Wildman–Crippen MR) is 65.9 cm³/mol. The van der Waals surface area contributed by atoms with Crippen molar-refractivity contribution in [2.75, 3.05) is 0 Å². The Kier molecular flexibility index (Phi) is 2.77. The first-order chi connectivity index (χ1) is 7.27. The van der Waals surface area contributed by atoms with E-state index in [0.717, 1.165) is 6.42 Å². The summed E-state index contributed by atoms with van der Waals surface area (Å²) in [5, 5.41) is 0. The first-order valence-corrected chi connectivity index (χ1v) is 5.68. The second kappa shape index (κ2) is 4.06. The van der Waals surface area contributed by atoms with E-state index in [4.69, 9.17) is 0 Å². The minimum absolute atomic E-state index is 0.241. The Balaban J connectivity index is 2.37. The maximum atomic E-state index is 2.35. The number of hydrogen-bond acceptors (Lipinski definition) is 0. The van der Waals surface area contributed by atoms with Gasteiger partial charge in [-0.15, -0.1) is 0 Å². The Hall–Kier alpha value is -1.30. The van der Waals surface area contributed by atoms with Crippen molar-refractivity contribution in [1.29, 1.82) is 0 Å². The van der Waals surface area contributed by atoms with E-state index < -0.39 is 0 Å². The molecule has 0 fully saturated rings. The van der Waals surface area contributed by atoms with Crippen LogP contribution in [0.1, 0.15) is 25.8 Å². The van der Waals surface area contributed by atoms with Crippen molar-refractivity contribution in [3.8, 4) is 0 Å². The highest BCUT2D eigenvalue weighted by Crippen LogP contribution is 2.38. The molecule has 0 bridgehead atoms. The molecule has 1 unspecified atom stereocenters. The average molecular weight is 198 g/mol. The van der Waals surface area contributed by atoms with Gasteiger partial charge in [-0.2, -0.15) is 0 Å². The summed E-state index contributed by atoms with van der Waals surface area (Å²) in [6.07, 6.45) is 10.1. The summed E-state index contributed by atoms with van der Waals surface area (Å²) >= 11 is 0.